The fourth-order valence-corrected chi connectivity index (χ4v) is 7.08. The van der Waals surface area contributed by atoms with Crippen LogP contribution in [0.1, 0.15) is 31.1 Å². The molecule has 2 unspecified atom stereocenters. The average Bonchev–Trinajstić information content (AvgIpc) is 3.48. The highest BCUT2D eigenvalue weighted by Crippen LogP contribution is 2.51. The van der Waals surface area contributed by atoms with E-state index in [1.54, 1.807) is 17.5 Å². The van der Waals surface area contributed by atoms with Crippen molar-refractivity contribution in [2.24, 2.45) is 0 Å². The van der Waals surface area contributed by atoms with E-state index >= 15 is 0 Å². The van der Waals surface area contributed by atoms with Gasteiger partial charge in [0, 0.05) is 27.2 Å². The predicted molar refractivity (Wildman–Crippen MR) is 150 cm³/mol. The molecule has 1 aromatic heterocycles. The number of thiophene rings is 1. The molecule has 1 saturated heterocycles. The van der Waals surface area contributed by atoms with Crippen LogP contribution < -0.4 is 4.90 Å². The van der Waals surface area contributed by atoms with Crippen LogP contribution in [0.3, 0.4) is 0 Å². The first-order valence-corrected chi connectivity index (χ1v) is 14.2. The molecule has 0 bridgehead atoms. The summed E-state index contributed by atoms with van der Waals surface area (Å²) in [5.74, 6) is -2.30. The molecule has 11 heteroatoms. The van der Waals surface area contributed by atoms with Gasteiger partial charge in [0.1, 0.15) is 16.1 Å². The number of carbonyl (C=O) groups is 4. The minimum absolute atomic E-state index is 0.0397. The number of methoxy groups -OCH3 is 1. The van der Waals surface area contributed by atoms with Gasteiger partial charge < -0.3 is 14.2 Å². The molecule has 3 heterocycles. The van der Waals surface area contributed by atoms with Crippen molar-refractivity contribution >= 4 is 51.9 Å². The first-order valence-electron chi connectivity index (χ1n) is 12.4. The molecule has 2 aromatic carbocycles. The summed E-state index contributed by atoms with van der Waals surface area (Å²) in [6.07, 6.45) is 0.586. The van der Waals surface area contributed by atoms with Crippen LogP contribution in [-0.2, 0) is 33.4 Å². The molecule has 0 radical (unpaired) electrons. The van der Waals surface area contributed by atoms with Crippen molar-refractivity contribution in [1.82, 2.24) is 4.90 Å². The zero-order chi connectivity index (χ0) is 28.4. The molecule has 3 atom stereocenters. The van der Waals surface area contributed by atoms with Crippen LogP contribution in [0.4, 0.5) is 5.00 Å². The number of amides is 2. The molecule has 0 saturated carbocycles. The van der Waals surface area contributed by atoms with Crippen molar-refractivity contribution in [1.29, 1.82) is 0 Å². The number of hydrogen-bond acceptors (Lipinski definition) is 9. The van der Waals surface area contributed by atoms with E-state index < -0.39 is 46.2 Å². The Kier molecular flexibility index (Phi) is 7.79. The zero-order valence-electron chi connectivity index (χ0n) is 21.9. The van der Waals surface area contributed by atoms with Gasteiger partial charge in [-0.1, -0.05) is 60.7 Å². The highest BCUT2D eigenvalue weighted by molar-refractivity contribution is 8.01. The van der Waals surface area contributed by atoms with Crippen molar-refractivity contribution in [3.8, 4) is 0 Å². The van der Waals surface area contributed by atoms with Crippen molar-refractivity contribution in [3.05, 3.63) is 101 Å². The Bertz CT molecular complexity index is 1410. The predicted octanol–water partition coefficient (Wildman–Crippen LogP) is 4.46. The van der Waals surface area contributed by atoms with Crippen LogP contribution in [0.5, 0.6) is 0 Å². The van der Waals surface area contributed by atoms with Gasteiger partial charge in [-0.3, -0.25) is 29.0 Å². The molecule has 2 aliphatic rings. The number of rotatable bonds is 8. The normalized spacial score (nSPS) is 21.6. The van der Waals surface area contributed by atoms with E-state index in [2.05, 4.69) is 0 Å². The summed E-state index contributed by atoms with van der Waals surface area (Å²) in [6, 6.07) is 22.0. The van der Waals surface area contributed by atoms with Crippen LogP contribution in [0.2, 0.25) is 0 Å². The van der Waals surface area contributed by atoms with Gasteiger partial charge in [0.25, 0.3) is 11.6 Å². The molecule has 2 aliphatic heterocycles. The summed E-state index contributed by atoms with van der Waals surface area (Å²) in [4.78, 5) is 54.8. The number of ether oxygens (including phenoxy) is 3. The molecular formula is C29H26N2O7S2. The van der Waals surface area contributed by atoms with E-state index in [1.165, 1.54) is 48.3 Å². The highest BCUT2D eigenvalue weighted by Gasteiger charge is 2.69. The number of esters is 2. The molecule has 1 fully saturated rings. The largest absolute Gasteiger partial charge is 0.451 e. The third-order valence-corrected chi connectivity index (χ3v) is 8.87. The maximum atomic E-state index is 13.8. The third-order valence-electron chi connectivity index (χ3n) is 6.52. The lowest BCUT2D eigenvalue weighted by Gasteiger charge is -2.58. The lowest BCUT2D eigenvalue weighted by Crippen LogP contribution is -2.80. The van der Waals surface area contributed by atoms with Crippen LogP contribution in [0.15, 0.2) is 90.1 Å². The maximum absolute atomic E-state index is 13.8. The molecule has 9 nitrogen and oxygen atoms in total. The molecule has 40 heavy (non-hydrogen) atoms. The second kappa shape index (κ2) is 11.3. The van der Waals surface area contributed by atoms with Gasteiger partial charge in [-0.25, -0.2) is 0 Å². The Hall–Kier alpha value is -3.93. The van der Waals surface area contributed by atoms with Gasteiger partial charge in [0.15, 0.2) is 11.4 Å². The van der Waals surface area contributed by atoms with Crippen molar-refractivity contribution in [2.45, 2.75) is 36.3 Å². The molecule has 0 aliphatic carbocycles. The van der Waals surface area contributed by atoms with E-state index in [1.807, 2.05) is 60.7 Å². The van der Waals surface area contributed by atoms with E-state index in [9.17, 15) is 19.2 Å². The van der Waals surface area contributed by atoms with Crippen LogP contribution in [0.25, 0.3) is 0 Å². The molecule has 0 spiro atoms. The molecule has 206 valence electrons. The van der Waals surface area contributed by atoms with Crippen LogP contribution >= 0.6 is 23.1 Å². The van der Waals surface area contributed by atoms with E-state index in [4.69, 9.17) is 14.2 Å². The lowest BCUT2D eigenvalue weighted by molar-refractivity contribution is -0.182. The summed E-state index contributed by atoms with van der Waals surface area (Å²) in [7, 11) is 1.35. The summed E-state index contributed by atoms with van der Waals surface area (Å²) in [6.45, 7) is 2.56. The number of thioether (sulfide) groups is 1. The zero-order valence-corrected chi connectivity index (χ0v) is 23.5. The lowest BCUT2D eigenvalue weighted by atomic mass is 9.99. The summed E-state index contributed by atoms with van der Waals surface area (Å²) in [5, 5.41) is 0.361. The Morgan fingerprint density at radius 3 is 2.08 bits per heavy atom. The van der Waals surface area contributed by atoms with Crippen molar-refractivity contribution in [3.63, 3.8) is 0 Å². The smallest absolute Gasteiger partial charge is 0.328 e. The van der Waals surface area contributed by atoms with E-state index in [0.717, 1.165) is 22.9 Å². The number of β-lactam (4-membered cyclic amide) rings is 1. The number of fused-ring (bicyclic) bond motifs is 1. The quantitative estimate of drug-likeness (QED) is 0.219. The fourth-order valence-electron chi connectivity index (χ4n) is 4.82. The number of carbonyl (C=O) groups excluding carboxylic acids is 4. The first-order chi connectivity index (χ1) is 19.3. The van der Waals surface area contributed by atoms with E-state index in [0.29, 0.717) is 5.00 Å². The summed E-state index contributed by atoms with van der Waals surface area (Å²) in [5.41, 5.74) is -0.197. The second-order valence-electron chi connectivity index (χ2n) is 9.05. The Morgan fingerprint density at radius 2 is 1.57 bits per heavy atom. The van der Waals surface area contributed by atoms with Gasteiger partial charge in [-0.2, -0.15) is 0 Å². The molecular weight excluding hydrogens is 552 g/mol. The molecule has 5 rings (SSSR count). The Labute approximate surface area is 239 Å². The van der Waals surface area contributed by atoms with Gasteiger partial charge >= 0.3 is 11.9 Å². The minimum Gasteiger partial charge on any atom is -0.451 e. The van der Waals surface area contributed by atoms with Crippen molar-refractivity contribution < 1.29 is 33.4 Å². The average molecular weight is 579 g/mol. The number of nitrogens with zero attached hydrogens (tertiary/aromatic N) is 2. The third kappa shape index (κ3) is 4.80. The van der Waals surface area contributed by atoms with Gasteiger partial charge in [-0.15, -0.1) is 23.1 Å². The topological polar surface area (TPSA) is 102 Å². The summed E-state index contributed by atoms with van der Waals surface area (Å²) < 4.78 is 17.2. The second-order valence-corrected chi connectivity index (χ2v) is 11.2. The first kappa shape index (κ1) is 27.6. The molecule has 2 amide bonds. The van der Waals surface area contributed by atoms with E-state index in [-0.39, 0.29) is 5.76 Å². The number of anilines is 1. The van der Waals surface area contributed by atoms with Gasteiger partial charge in [-0.05, 0) is 28.6 Å². The minimum atomic E-state index is -1.71. The standard InChI is InChI=1S/C29H26N2O7S2/c1-18(32)31(23-15-10-16-39-23)29(36-3)27(35)30-17-22(37-19(2)33)25(40-28(29)30)26(34)38-24(20-11-6-4-7-12-20)21-13-8-5-9-14-21/h4-17,24-25,28H,1-3H3/t25?,28-,29?/m1/s1. The Morgan fingerprint density at radius 1 is 0.950 bits per heavy atom. The fraction of sp³-hybridized carbons (Fsp3) is 0.241. The maximum Gasteiger partial charge on any atom is 0.328 e. The molecule has 3 aromatic rings. The van der Waals surface area contributed by atoms with Crippen molar-refractivity contribution in [2.75, 3.05) is 12.0 Å². The Balaban J connectivity index is 1.51. The van der Waals surface area contributed by atoms with Crippen LogP contribution in [-0.4, -0.2) is 52.1 Å². The number of benzene rings is 2. The highest BCUT2D eigenvalue weighted by atomic mass is 32.2. The molecule has 0 N–H and O–H groups in total. The van der Waals surface area contributed by atoms with Gasteiger partial charge in [0.2, 0.25) is 5.91 Å². The van der Waals surface area contributed by atoms with Gasteiger partial charge in [0.05, 0.1) is 0 Å². The SMILES string of the molecule is COC1(N(C(C)=O)c2cccs2)C(=O)N2C=C(OC(C)=O)C(C(=O)OC(c3ccccc3)c3ccccc3)S[C@@H]21. The monoisotopic (exact) mass is 578 g/mol. The number of hydrogen-bond donors (Lipinski definition) is 0. The summed E-state index contributed by atoms with van der Waals surface area (Å²) >= 11 is 2.30. The van der Waals surface area contributed by atoms with Crippen LogP contribution in [0, 0.1) is 0 Å².